The summed E-state index contributed by atoms with van der Waals surface area (Å²) in [5.41, 5.74) is 0.864. The van der Waals surface area contributed by atoms with Crippen LogP contribution in [-0.4, -0.2) is 15.9 Å². The zero-order valence-electron chi connectivity index (χ0n) is 12.0. The molecule has 2 N–H and O–H groups in total. The van der Waals surface area contributed by atoms with Crippen molar-refractivity contribution in [2.24, 2.45) is 0 Å². The second-order valence-electron chi connectivity index (χ2n) is 4.91. The summed E-state index contributed by atoms with van der Waals surface area (Å²) in [6.07, 6.45) is 0.769. The normalized spacial score (nSPS) is 14.4. The van der Waals surface area contributed by atoms with Crippen LogP contribution in [0.2, 0.25) is 0 Å². The van der Waals surface area contributed by atoms with Gasteiger partial charge in [-0.1, -0.05) is 53.9 Å². The number of alkyl halides is 3. The number of aryl methyl sites for hydroxylation is 1. The Morgan fingerprint density at radius 2 is 1.95 bits per heavy atom. The Kier molecular flexibility index (Phi) is 6.57. The maximum absolute atomic E-state index is 13.7. The van der Waals surface area contributed by atoms with Crippen LogP contribution in [0.4, 0.5) is 9.18 Å². The second-order valence-corrected chi connectivity index (χ2v) is 7.28. The number of hydrogen-bond donors (Lipinski definition) is 2. The molecular weight excluding hydrogens is 338 g/mol. The second kappa shape index (κ2) is 7.52. The minimum atomic E-state index is -1.80. The van der Waals surface area contributed by atoms with Gasteiger partial charge in [0.05, 0.1) is 0 Å². The van der Waals surface area contributed by atoms with Crippen molar-refractivity contribution in [3.63, 3.8) is 0 Å². The Morgan fingerprint density at radius 1 is 1.33 bits per heavy atom. The molecule has 0 aliphatic carbocycles. The van der Waals surface area contributed by atoms with Gasteiger partial charge in [0.2, 0.25) is 3.79 Å². The number of nitrogens with one attached hydrogen (secondary N) is 2. The van der Waals surface area contributed by atoms with E-state index in [-0.39, 0.29) is 6.04 Å². The van der Waals surface area contributed by atoms with Crippen LogP contribution in [0.15, 0.2) is 18.2 Å². The van der Waals surface area contributed by atoms with E-state index < -0.39 is 21.7 Å². The molecule has 2 unspecified atom stereocenters. The lowest BCUT2D eigenvalue weighted by Crippen LogP contribution is -2.45. The molecule has 0 heterocycles. The highest BCUT2D eigenvalue weighted by molar-refractivity contribution is 6.68. The minimum Gasteiger partial charge on any atom is -0.336 e. The number of hydrogen-bond acceptors (Lipinski definition) is 1. The van der Waals surface area contributed by atoms with Gasteiger partial charge in [-0.3, -0.25) is 0 Å². The van der Waals surface area contributed by atoms with Crippen LogP contribution in [0, 0.1) is 12.7 Å². The van der Waals surface area contributed by atoms with Crippen LogP contribution in [-0.2, 0) is 0 Å². The lowest BCUT2D eigenvalue weighted by molar-refractivity contribution is 0.233. The van der Waals surface area contributed by atoms with Crippen LogP contribution < -0.4 is 10.6 Å². The summed E-state index contributed by atoms with van der Waals surface area (Å²) in [5.74, 6) is -0.420. The molecule has 118 valence electrons. The van der Waals surface area contributed by atoms with Gasteiger partial charge in [-0.2, -0.15) is 0 Å². The molecule has 1 rings (SSSR count). The summed E-state index contributed by atoms with van der Waals surface area (Å²) in [6, 6.07) is 3.00. The lowest BCUT2D eigenvalue weighted by Gasteiger charge is -2.27. The number of carbonyl (C=O) groups excluding carboxylic acids is 1. The Hall–Kier alpha value is -0.710. The first kappa shape index (κ1) is 18.3. The molecule has 21 heavy (non-hydrogen) atoms. The largest absolute Gasteiger partial charge is 0.336 e. The zero-order valence-corrected chi connectivity index (χ0v) is 14.3. The smallest absolute Gasteiger partial charge is 0.315 e. The van der Waals surface area contributed by atoms with Gasteiger partial charge in [0.25, 0.3) is 0 Å². The van der Waals surface area contributed by atoms with E-state index in [2.05, 4.69) is 10.6 Å². The Bertz CT molecular complexity index is 505. The molecule has 0 saturated heterocycles. The monoisotopic (exact) mass is 354 g/mol. The highest BCUT2D eigenvalue weighted by Crippen LogP contribution is 2.40. The van der Waals surface area contributed by atoms with Crippen molar-refractivity contribution in [1.82, 2.24) is 10.6 Å². The van der Waals surface area contributed by atoms with E-state index in [1.54, 1.807) is 19.1 Å². The number of urea groups is 1. The molecule has 0 radical (unpaired) electrons. The summed E-state index contributed by atoms with van der Waals surface area (Å²) in [7, 11) is 0. The molecule has 7 heteroatoms. The predicted octanol–water partition coefficient (Wildman–Crippen LogP) is 4.64. The number of benzene rings is 1. The van der Waals surface area contributed by atoms with Crippen molar-refractivity contribution < 1.29 is 9.18 Å². The van der Waals surface area contributed by atoms with Crippen molar-refractivity contribution in [2.45, 2.75) is 43.1 Å². The summed E-state index contributed by atoms with van der Waals surface area (Å²) >= 11 is 17.7. The van der Waals surface area contributed by atoms with Gasteiger partial charge in [0.1, 0.15) is 11.9 Å². The highest BCUT2D eigenvalue weighted by atomic mass is 35.6. The Labute approximate surface area is 139 Å². The van der Waals surface area contributed by atoms with Crippen LogP contribution >= 0.6 is 34.8 Å². The van der Waals surface area contributed by atoms with Crippen molar-refractivity contribution in [2.75, 3.05) is 0 Å². The average molecular weight is 356 g/mol. The van der Waals surface area contributed by atoms with Gasteiger partial charge in [0, 0.05) is 6.04 Å². The SMILES string of the molecule is CCC(C)NC(=O)NC(c1ccc(C)c(F)c1)C(Cl)(Cl)Cl. The van der Waals surface area contributed by atoms with Crippen molar-refractivity contribution in [3.8, 4) is 0 Å². The Balaban J connectivity index is 2.96. The van der Waals surface area contributed by atoms with E-state index in [0.29, 0.717) is 11.1 Å². The third-order valence-corrected chi connectivity index (χ3v) is 3.78. The summed E-state index contributed by atoms with van der Waals surface area (Å²) in [5, 5.41) is 5.28. The fourth-order valence-corrected chi connectivity index (χ4v) is 2.18. The molecule has 0 aromatic heterocycles. The van der Waals surface area contributed by atoms with E-state index in [1.165, 1.54) is 6.07 Å². The van der Waals surface area contributed by atoms with Crippen LogP contribution in [0.3, 0.4) is 0 Å². The number of carbonyl (C=O) groups is 1. The molecule has 0 bridgehead atoms. The van der Waals surface area contributed by atoms with Crippen LogP contribution in [0.1, 0.15) is 37.4 Å². The first-order valence-electron chi connectivity index (χ1n) is 6.55. The molecule has 0 aliphatic heterocycles. The molecule has 0 spiro atoms. The predicted molar refractivity (Wildman–Crippen MR) is 85.6 cm³/mol. The highest BCUT2D eigenvalue weighted by Gasteiger charge is 2.35. The number of halogens is 4. The van der Waals surface area contributed by atoms with Gasteiger partial charge in [-0.15, -0.1) is 0 Å². The maximum Gasteiger partial charge on any atom is 0.315 e. The van der Waals surface area contributed by atoms with Gasteiger partial charge in [-0.05, 0) is 37.5 Å². The molecule has 0 saturated carbocycles. The van der Waals surface area contributed by atoms with Crippen molar-refractivity contribution in [3.05, 3.63) is 35.1 Å². The van der Waals surface area contributed by atoms with E-state index in [1.807, 2.05) is 13.8 Å². The quantitative estimate of drug-likeness (QED) is 0.759. The van der Waals surface area contributed by atoms with Gasteiger partial charge in [-0.25, -0.2) is 9.18 Å². The number of amides is 2. The van der Waals surface area contributed by atoms with Gasteiger partial charge < -0.3 is 10.6 Å². The third-order valence-electron chi connectivity index (χ3n) is 3.12. The molecule has 1 aromatic carbocycles. The molecule has 3 nitrogen and oxygen atoms in total. The van der Waals surface area contributed by atoms with Crippen LogP contribution in [0.5, 0.6) is 0 Å². The summed E-state index contributed by atoms with van der Waals surface area (Å²) in [6.45, 7) is 5.43. The summed E-state index contributed by atoms with van der Waals surface area (Å²) < 4.78 is 11.9. The van der Waals surface area contributed by atoms with Crippen molar-refractivity contribution >= 4 is 40.8 Å². The fourth-order valence-electron chi connectivity index (χ4n) is 1.64. The topological polar surface area (TPSA) is 41.1 Å². The zero-order chi connectivity index (χ0) is 16.2. The summed E-state index contributed by atoms with van der Waals surface area (Å²) in [4.78, 5) is 11.9. The Morgan fingerprint density at radius 3 is 2.43 bits per heavy atom. The number of rotatable bonds is 4. The van der Waals surface area contributed by atoms with E-state index in [9.17, 15) is 9.18 Å². The lowest BCUT2D eigenvalue weighted by atomic mass is 10.1. The molecule has 1 aromatic rings. The third kappa shape index (κ3) is 5.53. The maximum atomic E-state index is 13.7. The van der Waals surface area contributed by atoms with Crippen molar-refractivity contribution in [1.29, 1.82) is 0 Å². The fraction of sp³-hybridized carbons (Fsp3) is 0.500. The standard InChI is InChI=1S/C14H18Cl3FN2O/c1-4-9(3)19-13(21)20-12(14(15,16)17)10-6-5-8(2)11(18)7-10/h5-7,9,12H,4H2,1-3H3,(H2,19,20,21). The first-order chi connectivity index (χ1) is 9.65. The minimum absolute atomic E-state index is 0.0178. The molecular formula is C14H18Cl3FN2O. The molecule has 2 amide bonds. The van der Waals surface area contributed by atoms with Gasteiger partial charge >= 0.3 is 6.03 Å². The molecule has 0 aliphatic rings. The molecule has 2 atom stereocenters. The average Bonchev–Trinajstić information content (AvgIpc) is 2.38. The van der Waals surface area contributed by atoms with Gasteiger partial charge in [0.15, 0.2) is 0 Å². The van der Waals surface area contributed by atoms with E-state index >= 15 is 0 Å². The molecule has 0 fully saturated rings. The van der Waals surface area contributed by atoms with Crippen LogP contribution in [0.25, 0.3) is 0 Å². The van der Waals surface area contributed by atoms with E-state index in [4.69, 9.17) is 34.8 Å². The van der Waals surface area contributed by atoms with E-state index in [0.717, 1.165) is 6.42 Å². The first-order valence-corrected chi connectivity index (χ1v) is 7.68.